The molecule has 2 rings (SSSR count). The van der Waals surface area contributed by atoms with E-state index < -0.39 is 51.1 Å². The largest absolute Gasteiger partial charge is 0.298 e. The van der Waals surface area contributed by atoms with Gasteiger partial charge in [-0.15, -0.1) is 0 Å². The molecular formula is C13H3ClF6O. The molecule has 0 amide bonds. The van der Waals surface area contributed by atoms with E-state index in [4.69, 9.17) is 11.6 Å². The lowest BCUT2D eigenvalue weighted by atomic mass is 10.0. The van der Waals surface area contributed by atoms with E-state index in [1.165, 1.54) is 0 Å². The lowest BCUT2D eigenvalue weighted by Crippen LogP contribution is -2.05. The van der Waals surface area contributed by atoms with Crippen LogP contribution in [0.15, 0.2) is 12.1 Å². The van der Waals surface area contributed by atoms with Crippen molar-refractivity contribution < 1.29 is 31.1 Å². The van der Waals surface area contributed by atoms with E-state index in [0.29, 0.717) is 12.1 Å². The first-order valence-corrected chi connectivity index (χ1v) is 5.63. The summed E-state index contributed by atoms with van der Waals surface area (Å²) in [5.74, 6) is -12.5. The predicted octanol–water partition coefficient (Wildman–Crippen LogP) is 4.65. The van der Waals surface area contributed by atoms with Crippen LogP contribution in [-0.2, 0) is 0 Å². The highest BCUT2D eigenvalue weighted by Crippen LogP contribution is 2.35. The zero-order valence-electron chi connectivity index (χ0n) is 9.79. The molecule has 110 valence electrons. The van der Waals surface area contributed by atoms with E-state index in [-0.39, 0.29) is 11.8 Å². The van der Waals surface area contributed by atoms with E-state index in [0.717, 1.165) is 0 Å². The third-order valence-electron chi connectivity index (χ3n) is 2.69. The van der Waals surface area contributed by atoms with Crippen LogP contribution in [0.2, 0.25) is 5.02 Å². The molecule has 0 radical (unpaired) electrons. The Balaban J connectivity index is 2.86. The summed E-state index contributed by atoms with van der Waals surface area (Å²) in [6, 6.07) is 1.14. The quantitative estimate of drug-likeness (QED) is 0.340. The molecule has 0 atom stereocenters. The highest BCUT2D eigenvalue weighted by molar-refractivity contribution is 6.33. The number of rotatable bonds is 2. The van der Waals surface area contributed by atoms with Gasteiger partial charge < -0.3 is 0 Å². The Labute approximate surface area is 118 Å². The minimum atomic E-state index is -2.36. The number of hydrogen-bond acceptors (Lipinski definition) is 1. The fraction of sp³-hybridized carbons (Fsp3) is 0. The maximum absolute atomic E-state index is 13.7. The van der Waals surface area contributed by atoms with Gasteiger partial charge in [-0.3, -0.25) is 4.79 Å². The second-order valence-electron chi connectivity index (χ2n) is 3.92. The summed E-state index contributed by atoms with van der Waals surface area (Å²) in [6.45, 7) is 0. The van der Waals surface area contributed by atoms with Crippen LogP contribution < -0.4 is 0 Å². The van der Waals surface area contributed by atoms with Gasteiger partial charge in [0, 0.05) is 11.1 Å². The van der Waals surface area contributed by atoms with Gasteiger partial charge in [0.15, 0.2) is 29.6 Å². The van der Waals surface area contributed by atoms with Crippen molar-refractivity contribution in [1.82, 2.24) is 0 Å². The molecule has 0 heterocycles. The molecule has 0 N–H and O–H groups in total. The number of halogens is 7. The van der Waals surface area contributed by atoms with Crippen LogP contribution in [0.4, 0.5) is 26.3 Å². The van der Waals surface area contributed by atoms with Gasteiger partial charge in [-0.05, 0) is 12.1 Å². The third kappa shape index (κ3) is 2.37. The molecule has 8 heteroatoms. The summed E-state index contributed by atoms with van der Waals surface area (Å²) < 4.78 is 80.0. The molecule has 0 saturated heterocycles. The average molecular weight is 325 g/mol. The Kier molecular flexibility index (Phi) is 3.95. The summed E-state index contributed by atoms with van der Waals surface area (Å²) in [5.41, 5.74) is -2.73. The van der Waals surface area contributed by atoms with E-state index in [9.17, 15) is 31.1 Å². The molecule has 0 aliphatic heterocycles. The summed E-state index contributed by atoms with van der Waals surface area (Å²) in [6.07, 6.45) is 0.174. The zero-order valence-corrected chi connectivity index (χ0v) is 10.5. The molecular weight excluding hydrogens is 322 g/mol. The van der Waals surface area contributed by atoms with Crippen molar-refractivity contribution in [3.63, 3.8) is 0 Å². The Morgan fingerprint density at radius 3 is 1.76 bits per heavy atom. The number of hydrogen-bond donors (Lipinski definition) is 0. The number of benzene rings is 2. The summed E-state index contributed by atoms with van der Waals surface area (Å²) in [5, 5.41) is -0.398. The van der Waals surface area contributed by atoms with Crippen LogP contribution >= 0.6 is 11.6 Å². The first kappa shape index (κ1) is 15.4. The zero-order chi connectivity index (χ0) is 15.9. The number of carbonyl (C=O) groups excluding carboxylic acids is 1. The molecule has 0 aliphatic carbocycles. The second-order valence-corrected chi connectivity index (χ2v) is 4.32. The lowest BCUT2D eigenvalue weighted by Gasteiger charge is -2.10. The first-order chi connectivity index (χ1) is 9.79. The monoisotopic (exact) mass is 324 g/mol. The van der Waals surface area contributed by atoms with Gasteiger partial charge in [-0.1, -0.05) is 11.6 Å². The van der Waals surface area contributed by atoms with Gasteiger partial charge in [-0.25, -0.2) is 26.3 Å². The molecule has 0 fully saturated rings. The smallest absolute Gasteiger partial charge is 0.200 e. The number of carbonyl (C=O) groups is 1. The second kappa shape index (κ2) is 5.40. The molecule has 0 aliphatic rings. The van der Waals surface area contributed by atoms with Crippen molar-refractivity contribution in [2.45, 2.75) is 0 Å². The standard InChI is InChI=1S/C13H3ClF6O/c14-6-2-5(7(15)1-4(6)3-21)8-9(16)11(18)13(20)12(19)10(8)17/h1-3H. The molecule has 0 aromatic heterocycles. The van der Waals surface area contributed by atoms with Crippen molar-refractivity contribution >= 4 is 17.9 Å². The van der Waals surface area contributed by atoms with Gasteiger partial charge in [0.2, 0.25) is 5.82 Å². The van der Waals surface area contributed by atoms with Gasteiger partial charge in [0.25, 0.3) is 0 Å². The molecule has 0 unspecified atom stereocenters. The van der Waals surface area contributed by atoms with Crippen molar-refractivity contribution in [2.75, 3.05) is 0 Å². The SMILES string of the molecule is O=Cc1cc(F)c(-c2c(F)c(F)c(F)c(F)c2F)cc1Cl. The third-order valence-corrected chi connectivity index (χ3v) is 3.02. The Morgan fingerprint density at radius 1 is 0.810 bits per heavy atom. The molecule has 2 aromatic rings. The lowest BCUT2D eigenvalue weighted by molar-refractivity contribution is 0.112. The Hall–Kier alpha value is -2.02. The maximum atomic E-state index is 13.7. The topological polar surface area (TPSA) is 17.1 Å². The van der Waals surface area contributed by atoms with E-state index >= 15 is 0 Å². The van der Waals surface area contributed by atoms with Crippen molar-refractivity contribution in [3.8, 4) is 11.1 Å². The number of aldehydes is 1. The van der Waals surface area contributed by atoms with Crippen LogP contribution in [0.3, 0.4) is 0 Å². The highest BCUT2D eigenvalue weighted by Gasteiger charge is 2.28. The van der Waals surface area contributed by atoms with Gasteiger partial charge in [-0.2, -0.15) is 0 Å². The van der Waals surface area contributed by atoms with Crippen LogP contribution in [0.1, 0.15) is 10.4 Å². The Bertz CT molecular complexity index is 730. The van der Waals surface area contributed by atoms with Crippen LogP contribution in [0, 0.1) is 34.9 Å². The fourth-order valence-corrected chi connectivity index (χ4v) is 1.89. The van der Waals surface area contributed by atoms with Crippen molar-refractivity contribution in [1.29, 1.82) is 0 Å². The van der Waals surface area contributed by atoms with E-state index in [1.807, 2.05) is 0 Å². The molecule has 21 heavy (non-hydrogen) atoms. The predicted molar refractivity (Wildman–Crippen MR) is 62.0 cm³/mol. The maximum Gasteiger partial charge on any atom is 0.200 e. The normalized spacial score (nSPS) is 10.8. The van der Waals surface area contributed by atoms with Crippen LogP contribution in [0.25, 0.3) is 11.1 Å². The first-order valence-electron chi connectivity index (χ1n) is 5.25. The van der Waals surface area contributed by atoms with Gasteiger partial charge in [0.05, 0.1) is 10.6 Å². The molecule has 0 saturated carbocycles. The molecule has 2 aromatic carbocycles. The summed E-state index contributed by atoms with van der Waals surface area (Å²) in [4.78, 5) is 10.5. The van der Waals surface area contributed by atoms with Crippen molar-refractivity contribution in [2.24, 2.45) is 0 Å². The summed E-state index contributed by atoms with van der Waals surface area (Å²) in [7, 11) is 0. The van der Waals surface area contributed by atoms with Crippen LogP contribution in [0.5, 0.6) is 0 Å². The summed E-state index contributed by atoms with van der Waals surface area (Å²) >= 11 is 5.56. The van der Waals surface area contributed by atoms with Crippen molar-refractivity contribution in [3.05, 3.63) is 57.6 Å². The van der Waals surface area contributed by atoms with E-state index in [1.54, 1.807) is 0 Å². The Morgan fingerprint density at radius 2 is 1.29 bits per heavy atom. The minimum Gasteiger partial charge on any atom is -0.298 e. The molecule has 0 bridgehead atoms. The van der Waals surface area contributed by atoms with Crippen LogP contribution in [-0.4, -0.2) is 6.29 Å². The molecule has 1 nitrogen and oxygen atoms in total. The fourth-order valence-electron chi connectivity index (χ4n) is 1.69. The van der Waals surface area contributed by atoms with E-state index in [2.05, 4.69) is 0 Å². The van der Waals surface area contributed by atoms with Gasteiger partial charge >= 0.3 is 0 Å². The highest BCUT2D eigenvalue weighted by atomic mass is 35.5. The molecule has 0 spiro atoms. The average Bonchev–Trinajstić information content (AvgIpc) is 2.46. The van der Waals surface area contributed by atoms with Gasteiger partial charge in [0.1, 0.15) is 5.82 Å². The minimum absolute atomic E-state index is 0.174.